The highest BCUT2D eigenvalue weighted by atomic mass is 35.5. The molecule has 0 aliphatic rings. The minimum atomic E-state index is -0.543. The lowest BCUT2D eigenvalue weighted by atomic mass is 9.95. The van der Waals surface area contributed by atoms with Gasteiger partial charge in [0.25, 0.3) is 0 Å². The van der Waals surface area contributed by atoms with E-state index in [2.05, 4.69) is 26.8 Å². The summed E-state index contributed by atoms with van der Waals surface area (Å²) in [5, 5.41) is 11.1. The predicted molar refractivity (Wildman–Crippen MR) is 89.7 cm³/mol. The van der Waals surface area contributed by atoms with Crippen molar-refractivity contribution in [3.63, 3.8) is 0 Å². The van der Waals surface area contributed by atoms with Crippen LogP contribution in [0.5, 0.6) is 5.75 Å². The lowest BCUT2D eigenvalue weighted by Crippen LogP contribution is -2.08. The van der Waals surface area contributed by atoms with Crippen LogP contribution in [0, 0.1) is 0 Å². The fraction of sp³-hybridized carbons (Fsp3) is 0.412. The zero-order valence-corrected chi connectivity index (χ0v) is 14.4. The van der Waals surface area contributed by atoms with Crippen molar-refractivity contribution in [2.24, 2.45) is 0 Å². The number of halogens is 1. The fourth-order valence-electron chi connectivity index (χ4n) is 2.15. The van der Waals surface area contributed by atoms with Crippen LogP contribution in [0.1, 0.15) is 42.2 Å². The number of aliphatic hydroxyl groups is 1. The summed E-state index contributed by atoms with van der Waals surface area (Å²) < 4.78 is 5.33. The third-order valence-electron chi connectivity index (χ3n) is 3.35. The van der Waals surface area contributed by atoms with Gasteiger partial charge in [0.1, 0.15) is 5.75 Å². The molecule has 2 rings (SSSR count). The SMILES string of the molecule is COc1ccc(Cl)cc1CC(O)c1ccc(C(C)(C)C)s1. The maximum atomic E-state index is 10.5. The monoisotopic (exact) mass is 324 g/mol. The Balaban J connectivity index is 2.20. The Labute approximate surface area is 135 Å². The van der Waals surface area contributed by atoms with E-state index in [0.29, 0.717) is 11.4 Å². The smallest absolute Gasteiger partial charge is 0.122 e. The Hall–Kier alpha value is -1.03. The summed E-state index contributed by atoms with van der Waals surface area (Å²) in [6.07, 6.45) is -0.0492. The molecule has 0 radical (unpaired) electrons. The van der Waals surface area contributed by atoms with Crippen LogP contribution in [0.4, 0.5) is 0 Å². The molecule has 0 aliphatic heterocycles. The Kier molecular flexibility index (Phi) is 4.97. The molecule has 0 fully saturated rings. The average molecular weight is 325 g/mol. The van der Waals surface area contributed by atoms with Gasteiger partial charge in [0, 0.05) is 21.2 Å². The van der Waals surface area contributed by atoms with Crippen LogP contribution < -0.4 is 4.74 Å². The molecule has 1 atom stereocenters. The second kappa shape index (κ2) is 6.39. The standard InChI is InChI=1S/C17H21ClO2S/c1-17(2,3)16-8-7-15(21-16)13(19)10-11-9-12(18)5-6-14(11)20-4/h5-9,13,19H,10H2,1-4H3. The van der Waals surface area contributed by atoms with Gasteiger partial charge >= 0.3 is 0 Å². The summed E-state index contributed by atoms with van der Waals surface area (Å²) in [6.45, 7) is 6.53. The molecule has 1 aromatic carbocycles. The van der Waals surface area contributed by atoms with Crippen LogP contribution >= 0.6 is 22.9 Å². The van der Waals surface area contributed by atoms with Crippen molar-refractivity contribution in [1.82, 2.24) is 0 Å². The van der Waals surface area contributed by atoms with Crippen molar-refractivity contribution in [3.8, 4) is 5.75 Å². The van der Waals surface area contributed by atoms with Crippen molar-refractivity contribution >= 4 is 22.9 Å². The molecule has 2 aromatic rings. The third kappa shape index (κ3) is 4.00. The van der Waals surface area contributed by atoms with Gasteiger partial charge in [0.05, 0.1) is 13.2 Å². The minimum Gasteiger partial charge on any atom is -0.496 e. The number of ether oxygens (including phenoxy) is 1. The van der Waals surface area contributed by atoms with Crippen LogP contribution in [-0.4, -0.2) is 12.2 Å². The van der Waals surface area contributed by atoms with Gasteiger partial charge in [-0.1, -0.05) is 32.4 Å². The van der Waals surface area contributed by atoms with Crippen LogP contribution in [0.25, 0.3) is 0 Å². The number of benzene rings is 1. The molecule has 0 spiro atoms. The van der Waals surface area contributed by atoms with Crippen LogP contribution in [0.15, 0.2) is 30.3 Å². The summed E-state index contributed by atoms with van der Waals surface area (Å²) in [5.74, 6) is 0.756. The zero-order chi connectivity index (χ0) is 15.6. The minimum absolute atomic E-state index is 0.108. The molecule has 0 aliphatic carbocycles. The number of aliphatic hydroxyl groups excluding tert-OH is 1. The maximum absolute atomic E-state index is 10.5. The first-order valence-electron chi connectivity index (χ1n) is 6.92. The summed E-state index contributed by atoms with van der Waals surface area (Å²) in [5.41, 5.74) is 1.03. The Morgan fingerprint density at radius 1 is 1.24 bits per heavy atom. The molecule has 4 heteroatoms. The molecule has 1 aromatic heterocycles. The second-order valence-electron chi connectivity index (χ2n) is 6.13. The molecule has 1 heterocycles. The summed E-state index contributed by atoms with van der Waals surface area (Å²) in [4.78, 5) is 2.25. The van der Waals surface area contributed by atoms with Crippen LogP contribution in [0.3, 0.4) is 0 Å². The average Bonchev–Trinajstić information content (AvgIpc) is 2.88. The Morgan fingerprint density at radius 3 is 2.52 bits per heavy atom. The van der Waals surface area contributed by atoms with Gasteiger partial charge in [-0.05, 0) is 41.3 Å². The van der Waals surface area contributed by atoms with Gasteiger partial charge in [-0.25, -0.2) is 0 Å². The van der Waals surface area contributed by atoms with Crippen molar-refractivity contribution < 1.29 is 9.84 Å². The quantitative estimate of drug-likeness (QED) is 0.859. The first-order chi connectivity index (χ1) is 9.81. The van der Waals surface area contributed by atoms with Gasteiger partial charge in [0.15, 0.2) is 0 Å². The van der Waals surface area contributed by atoms with Crippen LogP contribution in [-0.2, 0) is 11.8 Å². The summed E-state index contributed by atoms with van der Waals surface area (Å²) in [7, 11) is 1.63. The molecule has 1 N–H and O–H groups in total. The molecule has 1 unspecified atom stereocenters. The molecule has 2 nitrogen and oxygen atoms in total. The molecule has 0 bridgehead atoms. The number of rotatable bonds is 4. The molecular formula is C17H21ClO2S. The molecule has 0 amide bonds. The van der Waals surface area contributed by atoms with Gasteiger partial charge in [-0.2, -0.15) is 0 Å². The maximum Gasteiger partial charge on any atom is 0.122 e. The third-order valence-corrected chi connectivity index (χ3v) is 5.20. The van der Waals surface area contributed by atoms with Crippen molar-refractivity contribution in [2.75, 3.05) is 7.11 Å². The number of thiophene rings is 1. The Bertz CT molecular complexity index is 613. The summed E-state index contributed by atoms with van der Waals surface area (Å²) in [6, 6.07) is 9.58. The number of methoxy groups -OCH3 is 1. The van der Waals surface area contributed by atoms with E-state index in [0.717, 1.165) is 16.2 Å². The number of hydrogen-bond acceptors (Lipinski definition) is 3. The first-order valence-corrected chi connectivity index (χ1v) is 8.11. The van der Waals surface area contributed by atoms with E-state index < -0.39 is 6.10 Å². The lowest BCUT2D eigenvalue weighted by Gasteiger charge is -2.16. The molecule has 0 saturated heterocycles. The van der Waals surface area contributed by atoms with E-state index in [-0.39, 0.29) is 5.41 Å². The van der Waals surface area contributed by atoms with E-state index in [9.17, 15) is 5.11 Å². The zero-order valence-electron chi connectivity index (χ0n) is 12.8. The predicted octanol–water partition coefficient (Wildman–Crippen LogP) is 4.98. The van der Waals surface area contributed by atoms with Gasteiger partial charge < -0.3 is 9.84 Å². The van der Waals surface area contributed by atoms with E-state index in [1.807, 2.05) is 18.2 Å². The lowest BCUT2D eigenvalue weighted by molar-refractivity contribution is 0.181. The van der Waals surface area contributed by atoms with E-state index in [1.165, 1.54) is 4.88 Å². The molecule has 0 saturated carbocycles. The summed E-state index contributed by atoms with van der Waals surface area (Å²) >= 11 is 7.69. The normalized spacial score (nSPS) is 13.2. The van der Waals surface area contributed by atoms with E-state index in [4.69, 9.17) is 16.3 Å². The largest absolute Gasteiger partial charge is 0.496 e. The van der Waals surface area contributed by atoms with Crippen LogP contribution in [0.2, 0.25) is 5.02 Å². The van der Waals surface area contributed by atoms with Crippen molar-refractivity contribution in [1.29, 1.82) is 0 Å². The molecule has 21 heavy (non-hydrogen) atoms. The Morgan fingerprint density at radius 2 is 1.95 bits per heavy atom. The van der Waals surface area contributed by atoms with Gasteiger partial charge in [-0.15, -0.1) is 11.3 Å². The first kappa shape index (κ1) is 16.3. The fourth-order valence-corrected chi connectivity index (χ4v) is 3.40. The highest BCUT2D eigenvalue weighted by Crippen LogP contribution is 2.34. The van der Waals surface area contributed by atoms with E-state index in [1.54, 1.807) is 24.5 Å². The van der Waals surface area contributed by atoms with E-state index >= 15 is 0 Å². The molecule has 114 valence electrons. The highest BCUT2D eigenvalue weighted by Gasteiger charge is 2.20. The molecular weight excluding hydrogens is 304 g/mol. The van der Waals surface area contributed by atoms with Gasteiger partial charge in [-0.3, -0.25) is 0 Å². The second-order valence-corrected chi connectivity index (χ2v) is 7.68. The van der Waals surface area contributed by atoms with Crippen molar-refractivity contribution in [3.05, 3.63) is 50.7 Å². The van der Waals surface area contributed by atoms with Crippen molar-refractivity contribution in [2.45, 2.75) is 38.7 Å². The van der Waals surface area contributed by atoms with Gasteiger partial charge in [0.2, 0.25) is 0 Å². The topological polar surface area (TPSA) is 29.5 Å². The number of hydrogen-bond donors (Lipinski definition) is 1. The highest BCUT2D eigenvalue weighted by molar-refractivity contribution is 7.12.